The number of hydrogen-bond donors (Lipinski definition) is 2. The van der Waals surface area contributed by atoms with E-state index in [0.717, 1.165) is 28.5 Å². The molecular weight excluding hydrogens is 278 g/mol. The van der Waals surface area contributed by atoms with E-state index in [1.165, 1.54) is 18.4 Å². The topological polar surface area (TPSA) is 40.7 Å². The van der Waals surface area contributed by atoms with Gasteiger partial charge in [0.1, 0.15) is 0 Å². The van der Waals surface area contributed by atoms with Crippen LogP contribution in [0.1, 0.15) is 39.2 Å². The Balaban J connectivity index is 2.00. The molecule has 0 aliphatic heterocycles. The summed E-state index contributed by atoms with van der Waals surface area (Å²) in [7, 11) is 0. The summed E-state index contributed by atoms with van der Waals surface area (Å²) in [5.41, 5.74) is 3.47. The summed E-state index contributed by atoms with van der Waals surface area (Å²) in [5, 5.41) is 4.70. The Morgan fingerprint density at radius 2 is 2.14 bits per heavy atom. The van der Waals surface area contributed by atoms with Crippen molar-refractivity contribution in [3.8, 4) is 0 Å². The summed E-state index contributed by atoms with van der Waals surface area (Å²) in [6.45, 7) is 10.0. The fourth-order valence-electron chi connectivity index (χ4n) is 2.38. The average Bonchev–Trinajstić information content (AvgIpc) is 2.88. The highest BCUT2D eigenvalue weighted by Crippen LogP contribution is 2.23. The minimum Gasteiger partial charge on any atom is -0.333 e. The molecule has 0 fully saturated rings. The lowest BCUT2D eigenvalue weighted by atomic mass is 10.0. The number of thioether (sulfide) groups is 1. The molecule has 0 bridgehead atoms. The molecule has 2 aromatic rings. The van der Waals surface area contributed by atoms with Crippen molar-refractivity contribution in [1.29, 1.82) is 0 Å². The number of aryl methyl sites for hydroxylation is 1. The minimum atomic E-state index is 0.551. The van der Waals surface area contributed by atoms with Gasteiger partial charge in [-0.05, 0) is 43.5 Å². The van der Waals surface area contributed by atoms with Crippen LogP contribution in [0.2, 0.25) is 0 Å². The fraction of sp³-hybridized carbons (Fsp3) is 0.588. The molecule has 2 N–H and O–H groups in total. The molecule has 0 aliphatic rings. The number of nitrogens with one attached hydrogen (secondary N) is 2. The van der Waals surface area contributed by atoms with E-state index in [9.17, 15) is 0 Å². The lowest BCUT2D eigenvalue weighted by molar-refractivity contribution is 0.397. The van der Waals surface area contributed by atoms with Gasteiger partial charge in [0.2, 0.25) is 0 Å². The number of H-pyrrole nitrogens is 1. The van der Waals surface area contributed by atoms with E-state index >= 15 is 0 Å². The first kappa shape index (κ1) is 16.4. The first-order valence-corrected chi connectivity index (χ1v) is 8.95. The molecule has 2 unspecified atom stereocenters. The number of imidazole rings is 1. The van der Waals surface area contributed by atoms with Gasteiger partial charge in [-0.3, -0.25) is 0 Å². The van der Waals surface area contributed by atoms with Gasteiger partial charge >= 0.3 is 0 Å². The fourth-order valence-corrected chi connectivity index (χ4v) is 3.50. The summed E-state index contributed by atoms with van der Waals surface area (Å²) < 4.78 is 0. The van der Waals surface area contributed by atoms with E-state index in [4.69, 9.17) is 0 Å². The first-order valence-electron chi connectivity index (χ1n) is 7.96. The van der Waals surface area contributed by atoms with E-state index in [0.29, 0.717) is 12.0 Å². The Kier molecular flexibility index (Phi) is 6.12. The van der Waals surface area contributed by atoms with Gasteiger partial charge < -0.3 is 10.3 Å². The highest BCUT2D eigenvalue weighted by atomic mass is 32.2. The van der Waals surface area contributed by atoms with Gasteiger partial charge in [0.15, 0.2) is 5.16 Å². The quantitative estimate of drug-likeness (QED) is 0.711. The smallest absolute Gasteiger partial charge is 0.166 e. The molecule has 3 nitrogen and oxygen atoms in total. The summed E-state index contributed by atoms with van der Waals surface area (Å²) >= 11 is 1.83. The lowest BCUT2D eigenvalue weighted by Crippen LogP contribution is -2.37. The van der Waals surface area contributed by atoms with Crippen LogP contribution in [0.15, 0.2) is 23.4 Å². The van der Waals surface area contributed by atoms with Gasteiger partial charge in [-0.15, -0.1) is 0 Å². The average molecular weight is 305 g/mol. The maximum absolute atomic E-state index is 4.67. The minimum absolute atomic E-state index is 0.551. The Bertz CT molecular complexity index is 564. The van der Waals surface area contributed by atoms with Gasteiger partial charge in [0.05, 0.1) is 11.0 Å². The maximum Gasteiger partial charge on any atom is 0.166 e. The molecule has 0 saturated carbocycles. The molecule has 2 atom stereocenters. The Hall–Kier alpha value is -1.00. The first-order chi connectivity index (χ1) is 10.1. The molecular formula is C17H27N3S. The van der Waals surface area contributed by atoms with Crippen LogP contribution in [-0.2, 0) is 0 Å². The number of fused-ring (bicyclic) bond motifs is 1. The SMILES string of the molecule is CCCNC(CSc1nc2ccc(C)cc2[nH]1)C(C)CC. The maximum atomic E-state index is 4.67. The predicted octanol–water partition coefficient (Wildman–Crippen LogP) is 4.38. The largest absolute Gasteiger partial charge is 0.333 e. The molecule has 1 heterocycles. The Morgan fingerprint density at radius 3 is 2.86 bits per heavy atom. The molecule has 0 aliphatic carbocycles. The molecule has 0 spiro atoms. The van der Waals surface area contributed by atoms with E-state index in [1.807, 2.05) is 11.8 Å². The second kappa shape index (κ2) is 7.85. The summed E-state index contributed by atoms with van der Waals surface area (Å²) in [6.07, 6.45) is 2.39. The summed E-state index contributed by atoms with van der Waals surface area (Å²) in [4.78, 5) is 8.10. The van der Waals surface area contributed by atoms with Crippen molar-refractivity contribution in [3.05, 3.63) is 23.8 Å². The van der Waals surface area contributed by atoms with E-state index < -0.39 is 0 Å². The van der Waals surface area contributed by atoms with Crippen LogP contribution >= 0.6 is 11.8 Å². The molecule has 116 valence electrons. The zero-order valence-corrected chi connectivity index (χ0v) is 14.4. The third kappa shape index (κ3) is 4.48. The number of rotatable bonds is 8. The summed E-state index contributed by atoms with van der Waals surface area (Å²) in [6, 6.07) is 6.91. The van der Waals surface area contributed by atoms with Gasteiger partial charge in [-0.2, -0.15) is 0 Å². The second-order valence-electron chi connectivity index (χ2n) is 5.82. The standard InChI is InChI=1S/C17H27N3S/c1-5-9-18-16(13(4)6-2)11-21-17-19-14-8-7-12(3)10-15(14)20-17/h7-8,10,13,16,18H,5-6,9,11H2,1-4H3,(H,19,20). The third-order valence-corrected chi connectivity index (χ3v) is 5.00. The van der Waals surface area contributed by atoms with Gasteiger partial charge in [0.25, 0.3) is 0 Å². The molecule has 0 amide bonds. The zero-order valence-electron chi connectivity index (χ0n) is 13.6. The third-order valence-electron chi connectivity index (χ3n) is 4.00. The molecule has 4 heteroatoms. The summed E-state index contributed by atoms with van der Waals surface area (Å²) in [5.74, 6) is 1.75. The van der Waals surface area contributed by atoms with E-state index in [1.54, 1.807) is 0 Å². The van der Waals surface area contributed by atoms with E-state index in [2.05, 4.69) is 61.2 Å². The Morgan fingerprint density at radius 1 is 1.33 bits per heavy atom. The van der Waals surface area contributed by atoms with Crippen molar-refractivity contribution in [2.45, 2.75) is 51.7 Å². The zero-order chi connectivity index (χ0) is 15.2. The molecule has 0 radical (unpaired) electrons. The van der Waals surface area contributed by atoms with E-state index in [-0.39, 0.29) is 0 Å². The van der Waals surface area contributed by atoms with Gasteiger partial charge in [0, 0.05) is 11.8 Å². The van der Waals surface area contributed by atoms with Crippen molar-refractivity contribution in [2.75, 3.05) is 12.3 Å². The van der Waals surface area contributed by atoms with Crippen molar-refractivity contribution < 1.29 is 0 Å². The number of nitrogens with zero attached hydrogens (tertiary/aromatic N) is 1. The molecule has 2 rings (SSSR count). The van der Waals surface area contributed by atoms with Crippen LogP contribution in [0.3, 0.4) is 0 Å². The predicted molar refractivity (Wildman–Crippen MR) is 93.1 cm³/mol. The van der Waals surface area contributed by atoms with Crippen molar-refractivity contribution >= 4 is 22.8 Å². The van der Waals surface area contributed by atoms with Crippen LogP contribution in [0.25, 0.3) is 11.0 Å². The number of aromatic amines is 1. The van der Waals surface area contributed by atoms with Crippen molar-refractivity contribution in [3.63, 3.8) is 0 Å². The highest BCUT2D eigenvalue weighted by molar-refractivity contribution is 7.99. The van der Waals surface area contributed by atoms with Crippen LogP contribution in [-0.4, -0.2) is 28.3 Å². The van der Waals surface area contributed by atoms with Gasteiger partial charge in [-0.25, -0.2) is 4.98 Å². The molecule has 1 aromatic heterocycles. The van der Waals surface area contributed by atoms with Gasteiger partial charge in [-0.1, -0.05) is 45.0 Å². The normalized spacial score (nSPS) is 14.5. The Labute approximate surface area is 132 Å². The second-order valence-corrected chi connectivity index (χ2v) is 6.83. The van der Waals surface area contributed by atoms with Crippen LogP contribution in [0, 0.1) is 12.8 Å². The molecule has 21 heavy (non-hydrogen) atoms. The molecule has 1 aromatic carbocycles. The highest BCUT2D eigenvalue weighted by Gasteiger charge is 2.16. The van der Waals surface area contributed by atoms with Crippen LogP contribution in [0.4, 0.5) is 0 Å². The van der Waals surface area contributed by atoms with Crippen LogP contribution in [0.5, 0.6) is 0 Å². The van der Waals surface area contributed by atoms with Crippen molar-refractivity contribution in [1.82, 2.24) is 15.3 Å². The van der Waals surface area contributed by atoms with Crippen LogP contribution < -0.4 is 5.32 Å². The monoisotopic (exact) mass is 305 g/mol. The molecule has 0 saturated heterocycles. The van der Waals surface area contributed by atoms with Crippen molar-refractivity contribution in [2.24, 2.45) is 5.92 Å². The lowest BCUT2D eigenvalue weighted by Gasteiger charge is -2.23. The number of hydrogen-bond acceptors (Lipinski definition) is 3. The number of benzene rings is 1. The number of aromatic nitrogens is 2.